The summed E-state index contributed by atoms with van der Waals surface area (Å²) >= 11 is 0. The maximum atomic E-state index is 10.3. The van der Waals surface area contributed by atoms with Crippen molar-refractivity contribution in [3.05, 3.63) is 48.0 Å². The first kappa shape index (κ1) is 28.7. The number of aliphatic imine (C=N–C) groups is 1. The zero-order valence-electron chi connectivity index (χ0n) is 22.1. The second-order valence-corrected chi connectivity index (χ2v) is 9.41. The number of phenols is 1. The third kappa shape index (κ3) is 13.2. The van der Waals surface area contributed by atoms with Gasteiger partial charge in [-0.1, -0.05) is 90.9 Å². The van der Waals surface area contributed by atoms with E-state index in [0.29, 0.717) is 17.9 Å². The zero-order valence-corrected chi connectivity index (χ0v) is 22.1. The Kier molecular flexibility index (Phi) is 15.4. The molecule has 0 aliphatic heterocycles. The van der Waals surface area contributed by atoms with Gasteiger partial charge >= 0.3 is 0 Å². The topological polar surface area (TPSA) is 51.0 Å². The Bertz CT molecular complexity index is 816. The lowest BCUT2D eigenvalue weighted by Crippen LogP contribution is -1.97. The quantitative estimate of drug-likeness (QED) is 0.151. The van der Waals surface area contributed by atoms with Crippen LogP contribution >= 0.6 is 0 Å². The Hall–Kier alpha value is -2.49. The average Bonchev–Trinajstić information content (AvgIpc) is 2.87. The van der Waals surface area contributed by atoms with Gasteiger partial charge in [0.2, 0.25) is 0 Å². The molecule has 0 radical (unpaired) electrons. The van der Waals surface area contributed by atoms with Crippen molar-refractivity contribution in [3.8, 4) is 17.2 Å². The number of hydrogen-bond acceptors (Lipinski definition) is 4. The Balaban J connectivity index is 1.65. The van der Waals surface area contributed by atoms with Gasteiger partial charge in [0.15, 0.2) is 0 Å². The summed E-state index contributed by atoms with van der Waals surface area (Å²) in [6.07, 6.45) is 19.5. The molecule has 2 aromatic rings. The summed E-state index contributed by atoms with van der Waals surface area (Å²) in [5.74, 6) is 1.76. The van der Waals surface area contributed by atoms with Crippen LogP contribution in [0.1, 0.15) is 109 Å². The summed E-state index contributed by atoms with van der Waals surface area (Å²) in [7, 11) is 0. The van der Waals surface area contributed by atoms with E-state index in [4.69, 9.17) is 9.47 Å². The van der Waals surface area contributed by atoms with Crippen LogP contribution in [-0.4, -0.2) is 24.5 Å². The van der Waals surface area contributed by atoms with Gasteiger partial charge < -0.3 is 14.6 Å². The lowest BCUT2D eigenvalue weighted by Gasteiger charge is -2.08. The van der Waals surface area contributed by atoms with Crippen LogP contribution in [0, 0.1) is 0 Å². The van der Waals surface area contributed by atoms with Gasteiger partial charge in [-0.25, -0.2) is 0 Å². The van der Waals surface area contributed by atoms with Gasteiger partial charge in [-0.15, -0.1) is 0 Å². The summed E-state index contributed by atoms with van der Waals surface area (Å²) < 4.78 is 11.6. The van der Waals surface area contributed by atoms with Crippen LogP contribution in [0.25, 0.3) is 0 Å². The molecule has 0 fully saturated rings. The van der Waals surface area contributed by atoms with Gasteiger partial charge in [-0.3, -0.25) is 4.99 Å². The third-order valence-corrected chi connectivity index (χ3v) is 6.22. The van der Waals surface area contributed by atoms with E-state index in [-0.39, 0.29) is 5.75 Å². The molecule has 0 aromatic heterocycles. The van der Waals surface area contributed by atoms with E-state index in [0.717, 1.165) is 30.9 Å². The van der Waals surface area contributed by atoms with E-state index < -0.39 is 0 Å². The van der Waals surface area contributed by atoms with Crippen LogP contribution in [0.4, 0.5) is 5.69 Å². The number of rotatable bonds is 20. The van der Waals surface area contributed by atoms with Gasteiger partial charge in [0.1, 0.15) is 17.2 Å². The summed E-state index contributed by atoms with van der Waals surface area (Å²) in [5, 5.41) is 10.3. The predicted octanol–water partition coefficient (Wildman–Crippen LogP) is 9.40. The largest absolute Gasteiger partial charge is 0.507 e. The highest BCUT2D eigenvalue weighted by Crippen LogP contribution is 2.24. The highest BCUT2D eigenvalue weighted by Gasteiger charge is 2.02. The number of ether oxygens (including phenoxy) is 2. The van der Waals surface area contributed by atoms with Crippen molar-refractivity contribution < 1.29 is 14.6 Å². The molecule has 0 aliphatic carbocycles. The van der Waals surface area contributed by atoms with E-state index >= 15 is 0 Å². The van der Waals surface area contributed by atoms with Crippen LogP contribution in [0.5, 0.6) is 17.2 Å². The standard InChI is InChI=1S/C31H47NO3/c1-3-5-7-9-11-12-14-15-23-34-29-21-18-28(19-22-29)32-26-27-17-20-30(25-31(27)33)35-24-16-13-10-8-6-4-2/h17-22,25-26,33H,3-16,23-24H2,1-2H3. The molecule has 2 aromatic carbocycles. The zero-order chi connectivity index (χ0) is 25.0. The van der Waals surface area contributed by atoms with Crippen molar-refractivity contribution in [1.82, 2.24) is 0 Å². The second-order valence-electron chi connectivity index (χ2n) is 9.41. The Labute approximate surface area is 213 Å². The number of nitrogens with zero attached hydrogens (tertiary/aromatic N) is 1. The van der Waals surface area contributed by atoms with Crippen molar-refractivity contribution in [2.45, 2.75) is 104 Å². The molecule has 4 nitrogen and oxygen atoms in total. The maximum absolute atomic E-state index is 10.3. The van der Waals surface area contributed by atoms with Crippen LogP contribution in [-0.2, 0) is 0 Å². The maximum Gasteiger partial charge on any atom is 0.128 e. The summed E-state index contributed by atoms with van der Waals surface area (Å²) in [6, 6.07) is 13.2. The van der Waals surface area contributed by atoms with Crippen LogP contribution in [0.2, 0.25) is 0 Å². The third-order valence-electron chi connectivity index (χ3n) is 6.22. The molecule has 4 heteroatoms. The lowest BCUT2D eigenvalue weighted by atomic mass is 10.1. The minimum absolute atomic E-state index is 0.180. The van der Waals surface area contributed by atoms with Gasteiger partial charge in [0.25, 0.3) is 0 Å². The minimum Gasteiger partial charge on any atom is -0.507 e. The number of hydrogen-bond donors (Lipinski definition) is 1. The Morgan fingerprint density at radius 3 is 1.66 bits per heavy atom. The summed E-state index contributed by atoms with van der Waals surface area (Å²) in [6.45, 7) is 5.94. The highest BCUT2D eigenvalue weighted by atomic mass is 16.5. The molecule has 0 bridgehead atoms. The van der Waals surface area contributed by atoms with Gasteiger partial charge in [0, 0.05) is 17.8 Å². The van der Waals surface area contributed by atoms with Crippen molar-refractivity contribution in [1.29, 1.82) is 0 Å². The monoisotopic (exact) mass is 481 g/mol. The molecule has 0 atom stereocenters. The van der Waals surface area contributed by atoms with Gasteiger partial charge in [-0.2, -0.15) is 0 Å². The fourth-order valence-corrected chi connectivity index (χ4v) is 3.99. The predicted molar refractivity (Wildman–Crippen MR) is 149 cm³/mol. The number of phenolic OH excluding ortho intramolecular Hbond substituents is 1. The molecule has 194 valence electrons. The second kappa shape index (κ2) is 18.8. The van der Waals surface area contributed by atoms with Crippen LogP contribution < -0.4 is 9.47 Å². The Morgan fingerprint density at radius 1 is 0.629 bits per heavy atom. The average molecular weight is 482 g/mol. The van der Waals surface area contributed by atoms with E-state index in [1.807, 2.05) is 36.4 Å². The van der Waals surface area contributed by atoms with E-state index in [1.165, 1.54) is 77.0 Å². The number of unbranched alkanes of at least 4 members (excludes halogenated alkanes) is 12. The molecule has 1 N–H and O–H groups in total. The van der Waals surface area contributed by atoms with E-state index in [9.17, 15) is 5.11 Å². The normalized spacial score (nSPS) is 11.3. The highest BCUT2D eigenvalue weighted by molar-refractivity contribution is 5.85. The van der Waals surface area contributed by atoms with E-state index in [1.54, 1.807) is 12.3 Å². The summed E-state index contributed by atoms with van der Waals surface area (Å²) in [4.78, 5) is 4.49. The molecule has 0 spiro atoms. The van der Waals surface area contributed by atoms with Crippen LogP contribution in [0.15, 0.2) is 47.5 Å². The molecule has 0 heterocycles. The Morgan fingerprint density at radius 2 is 1.11 bits per heavy atom. The number of benzene rings is 2. The van der Waals surface area contributed by atoms with Crippen molar-refractivity contribution in [2.24, 2.45) is 4.99 Å². The molecule has 0 saturated heterocycles. The number of aromatic hydroxyl groups is 1. The van der Waals surface area contributed by atoms with Gasteiger partial charge in [-0.05, 0) is 49.2 Å². The molecule has 2 rings (SSSR count). The first-order valence-corrected chi connectivity index (χ1v) is 14.0. The van der Waals surface area contributed by atoms with Crippen molar-refractivity contribution in [2.75, 3.05) is 13.2 Å². The first-order valence-electron chi connectivity index (χ1n) is 14.0. The summed E-state index contributed by atoms with van der Waals surface area (Å²) in [5.41, 5.74) is 1.50. The van der Waals surface area contributed by atoms with Crippen molar-refractivity contribution >= 4 is 11.9 Å². The smallest absolute Gasteiger partial charge is 0.128 e. The lowest BCUT2D eigenvalue weighted by molar-refractivity contribution is 0.302. The fourth-order valence-electron chi connectivity index (χ4n) is 3.99. The molecule has 0 saturated carbocycles. The molecular weight excluding hydrogens is 434 g/mol. The molecular formula is C31H47NO3. The SMILES string of the molecule is CCCCCCCCCCOc1ccc(N=Cc2ccc(OCCCCCCCC)cc2O)cc1. The molecule has 35 heavy (non-hydrogen) atoms. The fraction of sp³-hybridized carbons (Fsp3) is 0.581. The van der Waals surface area contributed by atoms with Crippen molar-refractivity contribution in [3.63, 3.8) is 0 Å². The van der Waals surface area contributed by atoms with Gasteiger partial charge in [0.05, 0.1) is 18.9 Å². The first-order chi connectivity index (χ1) is 17.2. The molecule has 0 amide bonds. The molecule has 0 unspecified atom stereocenters. The minimum atomic E-state index is 0.180. The van der Waals surface area contributed by atoms with E-state index in [2.05, 4.69) is 18.8 Å². The van der Waals surface area contributed by atoms with Crippen LogP contribution in [0.3, 0.4) is 0 Å². The molecule has 0 aliphatic rings.